The van der Waals surface area contributed by atoms with Crippen molar-refractivity contribution in [2.45, 2.75) is 26.1 Å². The van der Waals surface area contributed by atoms with E-state index >= 15 is 0 Å². The molecule has 0 bridgehead atoms. The minimum absolute atomic E-state index is 0.382. The molecule has 3 heterocycles. The van der Waals surface area contributed by atoms with Gasteiger partial charge in [-0.2, -0.15) is 5.10 Å². The predicted octanol–water partition coefficient (Wildman–Crippen LogP) is 1.71. The molecule has 0 aromatic carbocycles. The Morgan fingerprint density at radius 3 is 3.11 bits per heavy atom. The van der Waals surface area contributed by atoms with Crippen molar-refractivity contribution < 1.29 is 0 Å². The van der Waals surface area contributed by atoms with Crippen molar-refractivity contribution in [3.8, 4) is 0 Å². The number of aromatic nitrogens is 4. The molecule has 1 atom stereocenters. The van der Waals surface area contributed by atoms with Crippen molar-refractivity contribution >= 4 is 5.52 Å². The second kappa shape index (κ2) is 5.24. The molecule has 3 aromatic rings. The van der Waals surface area contributed by atoms with Gasteiger partial charge in [-0.3, -0.25) is 0 Å². The third-order valence-corrected chi connectivity index (χ3v) is 3.19. The molecule has 1 unspecified atom stereocenters. The number of imidazole rings is 1. The van der Waals surface area contributed by atoms with E-state index in [1.807, 2.05) is 41.6 Å². The number of nitrogens with zero attached hydrogens (tertiary/aromatic N) is 4. The molecule has 0 spiro atoms. The van der Waals surface area contributed by atoms with Crippen molar-refractivity contribution in [3.63, 3.8) is 0 Å². The lowest BCUT2D eigenvalue weighted by atomic mass is 10.2. The Labute approximate surface area is 111 Å². The van der Waals surface area contributed by atoms with Gasteiger partial charge < -0.3 is 9.88 Å². The number of hydrogen-bond acceptors (Lipinski definition) is 3. The van der Waals surface area contributed by atoms with Crippen LogP contribution < -0.4 is 5.32 Å². The van der Waals surface area contributed by atoms with Crippen molar-refractivity contribution in [1.29, 1.82) is 0 Å². The van der Waals surface area contributed by atoms with Crippen molar-refractivity contribution in [2.24, 2.45) is 0 Å². The minimum atomic E-state index is 0.382. The van der Waals surface area contributed by atoms with Gasteiger partial charge in [-0.25, -0.2) is 9.50 Å². The monoisotopic (exact) mass is 255 g/mol. The number of rotatable bonds is 5. The average molecular weight is 255 g/mol. The lowest BCUT2D eigenvalue weighted by Gasteiger charge is -2.13. The van der Waals surface area contributed by atoms with Gasteiger partial charge in [0.15, 0.2) is 0 Å². The molecule has 3 aromatic heterocycles. The van der Waals surface area contributed by atoms with E-state index in [-0.39, 0.29) is 0 Å². The van der Waals surface area contributed by atoms with E-state index in [1.165, 1.54) is 5.56 Å². The molecule has 0 aliphatic heterocycles. The summed E-state index contributed by atoms with van der Waals surface area (Å²) in [6.07, 6.45) is 9.51. The van der Waals surface area contributed by atoms with E-state index in [0.29, 0.717) is 6.04 Å². The summed E-state index contributed by atoms with van der Waals surface area (Å²) < 4.78 is 3.98. The van der Waals surface area contributed by atoms with Crippen LogP contribution in [0.2, 0.25) is 0 Å². The molecule has 0 amide bonds. The van der Waals surface area contributed by atoms with E-state index in [0.717, 1.165) is 18.6 Å². The highest BCUT2D eigenvalue weighted by Crippen LogP contribution is 2.09. The largest absolute Gasteiger partial charge is 0.336 e. The Kier molecular flexibility index (Phi) is 3.29. The molecule has 0 aliphatic carbocycles. The standard InChI is InChI=1S/C14H17N5/c1-12(10-18-7-5-15-11-18)16-8-13-9-17-19-6-3-2-4-14(13)19/h2-7,9,11-12,16H,8,10H2,1H3. The SMILES string of the molecule is CC(Cn1ccnc1)NCc1cnn2ccccc12. The fourth-order valence-electron chi connectivity index (χ4n) is 2.18. The summed E-state index contributed by atoms with van der Waals surface area (Å²) in [6.45, 7) is 3.91. The van der Waals surface area contributed by atoms with Crippen LogP contribution >= 0.6 is 0 Å². The Morgan fingerprint density at radius 2 is 2.26 bits per heavy atom. The third-order valence-electron chi connectivity index (χ3n) is 3.19. The predicted molar refractivity (Wildman–Crippen MR) is 73.7 cm³/mol. The zero-order valence-electron chi connectivity index (χ0n) is 10.9. The first-order chi connectivity index (χ1) is 9.33. The van der Waals surface area contributed by atoms with Gasteiger partial charge in [0, 0.05) is 43.3 Å². The van der Waals surface area contributed by atoms with Gasteiger partial charge in [-0.05, 0) is 19.1 Å². The van der Waals surface area contributed by atoms with Gasteiger partial charge in [0.2, 0.25) is 0 Å². The molecule has 98 valence electrons. The van der Waals surface area contributed by atoms with E-state index in [2.05, 4.69) is 33.0 Å². The summed E-state index contributed by atoms with van der Waals surface area (Å²) in [5.74, 6) is 0. The third kappa shape index (κ3) is 2.66. The summed E-state index contributed by atoms with van der Waals surface area (Å²) in [4.78, 5) is 4.05. The molecule has 19 heavy (non-hydrogen) atoms. The Bertz CT molecular complexity index is 641. The quantitative estimate of drug-likeness (QED) is 0.755. The lowest BCUT2D eigenvalue weighted by Crippen LogP contribution is -2.29. The summed E-state index contributed by atoms with van der Waals surface area (Å²) >= 11 is 0. The van der Waals surface area contributed by atoms with E-state index < -0.39 is 0 Å². The summed E-state index contributed by atoms with van der Waals surface area (Å²) in [5, 5.41) is 7.85. The molecule has 3 rings (SSSR count). The molecular formula is C14H17N5. The highest BCUT2D eigenvalue weighted by atomic mass is 15.2. The molecule has 0 radical (unpaired) electrons. The smallest absolute Gasteiger partial charge is 0.0946 e. The highest BCUT2D eigenvalue weighted by molar-refractivity contribution is 5.53. The van der Waals surface area contributed by atoms with Crippen LogP contribution in [0.5, 0.6) is 0 Å². The van der Waals surface area contributed by atoms with Gasteiger partial charge >= 0.3 is 0 Å². The summed E-state index contributed by atoms with van der Waals surface area (Å²) in [5.41, 5.74) is 2.38. The van der Waals surface area contributed by atoms with Crippen molar-refractivity contribution in [2.75, 3.05) is 0 Å². The van der Waals surface area contributed by atoms with Crippen molar-refractivity contribution in [3.05, 3.63) is 54.9 Å². The topological polar surface area (TPSA) is 47.2 Å². The maximum Gasteiger partial charge on any atom is 0.0946 e. The van der Waals surface area contributed by atoms with Gasteiger partial charge in [0.05, 0.1) is 18.0 Å². The van der Waals surface area contributed by atoms with Crippen LogP contribution in [-0.4, -0.2) is 25.2 Å². The second-order valence-corrected chi connectivity index (χ2v) is 4.74. The van der Waals surface area contributed by atoms with Crippen LogP contribution in [-0.2, 0) is 13.1 Å². The first-order valence-electron chi connectivity index (χ1n) is 6.43. The molecule has 5 nitrogen and oxygen atoms in total. The van der Waals surface area contributed by atoms with E-state index in [4.69, 9.17) is 0 Å². The van der Waals surface area contributed by atoms with Crippen LogP contribution in [0.3, 0.4) is 0 Å². The molecule has 1 N–H and O–H groups in total. The molecule has 0 aliphatic rings. The number of nitrogens with one attached hydrogen (secondary N) is 1. The zero-order valence-corrected chi connectivity index (χ0v) is 10.9. The summed E-state index contributed by atoms with van der Waals surface area (Å²) in [6, 6.07) is 6.49. The van der Waals surface area contributed by atoms with E-state index in [1.54, 1.807) is 6.20 Å². The molecule has 5 heteroatoms. The minimum Gasteiger partial charge on any atom is -0.336 e. The summed E-state index contributed by atoms with van der Waals surface area (Å²) in [7, 11) is 0. The second-order valence-electron chi connectivity index (χ2n) is 4.74. The van der Waals surface area contributed by atoms with Crippen LogP contribution in [0.15, 0.2) is 49.3 Å². The number of pyridine rings is 1. The highest BCUT2D eigenvalue weighted by Gasteiger charge is 2.06. The van der Waals surface area contributed by atoms with E-state index in [9.17, 15) is 0 Å². The molecular weight excluding hydrogens is 238 g/mol. The molecule has 0 saturated carbocycles. The number of hydrogen-bond donors (Lipinski definition) is 1. The van der Waals surface area contributed by atoms with Gasteiger partial charge in [-0.15, -0.1) is 0 Å². The average Bonchev–Trinajstić information content (AvgIpc) is 3.05. The normalized spacial score (nSPS) is 12.9. The maximum atomic E-state index is 4.33. The Balaban J connectivity index is 1.62. The lowest BCUT2D eigenvalue weighted by molar-refractivity contribution is 0.477. The fraction of sp³-hybridized carbons (Fsp3) is 0.286. The van der Waals surface area contributed by atoms with Crippen LogP contribution in [0.1, 0.15) is 12.5 Å². The van der Waals surface area contributed by atoms with Gasteiger partial charge in [-0.1, -0.05) is 6.07 Å². The van der Waals surface area contributed by atoms with Gasteiger partial charge in [0.25, 0.3) is 0 Å². The zero-order chi connectivity index (χ0) is 13.1. The molecule has 0 fully saturated rings. The number of fused-ring (bicyclic) bond motifs is 1. The van der Waals surface area contributed by atoms with Crippen LogP contribution in [0.25, 0.3) is 5.52 Å². The van der Waals surface area contributed by atoms with Crippen LogP contribution in [0, 0.1) is 0 Å². The fourth-order valence-corrected chi connectivity index (χ4v) is 2.18. The Hall–Kier alpha value is -2.14. The first-order valence-corrected chi connectivity index (χ1v) is 6.43. The maximum absolute atomic E-state index is 4.33. The molecule has 0 saturated heterocycles. The first kappa shape index (κ1) is 11.9. The van der Waals surface area contributed by atoms with Gasteiger partial charge in [0.1, 0.15) is 0 Å². The van der Waals surface area contributed by atoms with Crippen LogP contribution in [0.4, 0.5) is 0 Å². The Morgan fingerprint density at radius 1 is 1.32 bits per heavy atom. The van der Waals surface area contributed by atoms with Crippen molar-refractivity contribution in [1.82, 2.24) is 24.5 Å².